The Morgan fingerprint density at radius 1 is 0.246 bits per heavy atom. The molecule has 322 valence electrons. The van der Waals surface area contributed by atoms with Gasteiger partial charge < -0.3 is 9.13 Å². The lowest BCUT2D eigenvalue weighted by atomic mass is 9.97. The van der Waals surface area contributed by atoms with Crippen molar-refractivity contribution < 1.29 is 0 Å². The highest BCUT2D eigenvalue weighted by Gasteiger charge is 2.23. The van der Waals surface area contributed by atoms with Gasteiger partial charge in [-0.1, -0.05) is 182 Å². The Hall–Kier alpha value is -9.39. The van der Waals surface area contributed by atoms with Crippen LogP contribution in [0.1, 0.15) is 0 Å². The zero-order chi connectivity index (χ0) is 45.4. The largest absolute Gasteiger partial charge is 0.309 e. The first kappa shape index (κ1) is 38.8. The van der Waals surface area contributed by atoms with Gasteiger partial charge in [-0.3, -0.25) is 4.57 Å². The fraction of sp³-hybridized carbons (Fsp3) is 0. The quantitative estimate of drug-likeness (QED) is 0.160. The van der Waals surface area contributed by atoms with Gasteiger partial charge in [0.2, 0.25) is 5.95 Å². The van der Waals surface area contributed by atoms with Crippen LogP contribution in [0.4, 0.5) is 0 Å². The minimum absolute atomic E-state index is 0.549. The van der Waals surface area contributed by atoms with E-state index in [-0.39, 0.29) is 0 Å². The van der Waals surface area contributed by atoms with Gasteiger partial charge in [-0.05, 0) is 77.4 Å². The van der Waals surface area contributed by atoms with E-state index in [0.29, 0.717) is 17.6 Å². The molecule has 14 aromatic rings. The summed E-state index contributed by atoms with van der Waals surface area (Å²) in [6.45, 7) is 0. The van der Waals surface area contributed by atoms with Crippen molar-refractivity contribution in [2.24, 2.45) is 0 Å². The third kappa shape index (κ3) is 6.23. The number of nitrogens with zero attached hydrogens (tertiary/aromatic N) is 6. The molecule has 0 aliphatic heterocycles. The van der Waals surface area contributed by atoms with Gasteiger partial charge in [0.05, 0.1) is 38.8 Å². The van der Waals surface area contributed by atoms with Crippen molar-refractivity contribution in [1.29, 1.82) is 0 Å². The summed E-state index contributed by atoms with van der Waals surface area (Å²) in [6.07, 6.45) is 0. The Labute approximate surface area is 397 Å². The van der Waals surface area contributed by atoms with Crippen molar-refractivity contribution in [3.8, 4) is 62.4 Å². The summed E-state index contributed by atoms with van der Waals surface area (Å²) in [4.78, 5) is 16.1. The molecule has 0 atom stereocenters. The topological polar surface area (TPSA) is 53.5 Å². The second-order valence-electron chi connectivity index (χ2n) is 17.6. The van der Waals surface area contributed by atoms with E-state index in [9.17, 15) is 0 Å². The smallest absolute Gasteiger partial charge is 0.238 e. The van der Waals surface area contributed by atoms with Crippen LogP contribution in [0, 0.1) is 0 Å². The molecule has 14 rings (SSSR count). The van der Waals surface area contributed by atoms with Crippen molar-refractivity contribution in [2.45, 2.75) is 0 Å². The minimum atomic E-state index is 0.549. The van der Waals surface area contributed by atoms with Crippen LogP contribution >= 0.6 is 0 Å². The molecule has 0 aliphatic rings. The molecule has 69 heavy (non-hydrogen) atoms. The molecule has 0 N–H and O–H groups in total. The van der Waals surface area contributed by atoms with Crippen LogP contribution < -0.4 is 0 Å². The molecule has 0 saturated heterocycles. The van der Waals surface area contributed by atoms with Crippen LogP contribution in [0.25, 0.3) is 128 Å². The molecule has 6 nitrogen and oxygen atoms in total. The highest BCUT2D eigenvalue weighted by atomic mass is 15.2. The zero-order valence-corrected chi connectivity index (χ0v) is 37.3. The molecule has 0 saturated carbocycles. The van der Waals surface area contributed by atoms with Crippen LogP contribution in [-0.2, 0) is 0 Å². The summed E-state index contributed by atoms with van der Waals surface area (Å²) in [5.41, 5.74) is 15.2. The Morgan fingerprint density at radius 2 is 0.710 bits per heavy atom. The van der Waals surface area contributed by atoms with Gasteiger partial charge in [0, 0.05) is 54.7 Å². The molecule has 0 fully saturated rings. The fourth-order valence-electron chi connectivity index (χ4n) is 10.6. The molecule has 6 heteroatoms. The van der Waals surface area contributed by atoms with Gasteiger partial charge in [-0.25, -0.2) is 4.98 Å². The molecule has 0 bridgehead atoms. The molecule has 4 aromatic heterocycles. The van der Waals surface area contributed by atoms with Crippen molar-refractivity contribution in [3.05, 3.63) is 243 Å². The average molecular weight is 881 g/mol. The predicted molar refractivity (Wildman–Crippen MR) is 285 cm³/mol. The third-order valence-electron chi connectivity index (χ3n) is 13.7. The van der Waals surface area contributed by atoms with Crippen molar-refractivity contribution in [2.75, 3.05) is 0 Å². The number of hydrogen-bond acceptors (Lipinski definition) is 3. The summed E-state index contributed by atoms with van der Waals surface area (Å²) < 4.78 is 7.02. The van der Waals surface area contributed by atoms with E-state index >= 15 is 0 Å². The van der Waals surface area contributed by atoms with E-state index in [1.165, 1.54) is 32.7 Å². The van der Waals surface area contributed by atoms with Gasteiger partial charge in [0.1, 0.15) is 0 Å². The van der Waals surface area contributed by atoms with Crippen LogP contribution in [0.5, 0.6) is 0 Å². The normalized spacial score (nSPS) is 11.8. The van der Waals surface area contributed by atoms with Gasteiger partial charge in [0.25, 0.3) is 0 Å². The molecule has 0 spiro atoms. The lowest BCUT2D eigenvalue weighted by Crippen LogP contribution is -2.06. The number of benzene rings is 10. The lowest BCUT2D eigenvalue weighted by Gasteiger charge is -2.16. The van der Waals surface area contributed by atoms with Crippen LogP contribution in [0.3, 0.4) is 0 Å². The number of para-hydroxylation sites is 4. The van der Waals surface area contributed by atoms with E-state index in [1.54, 1.807) is 0 Å². The van der Waals surface area contributed by atoms with E-state index in [0.717, 1.165) is 77.5 Å². The average Bonchev–Trinajstić information content (AvgIpc) is 4.05. The maximum atomic E-state index is 5.46. The minimum Gasteiger partial charge on any atom is -0.309 e. The second kappa shape index (κ2) is 15.6. The number of hydrogen-bond donors (Lipinski definition) is 0. The monoisotopic (exact) mass is 880 g/mol. The van der Waals surface area contributed by atoms with Crippen molar-refractivity contribution >= 4 is 65.4 Å². The molecule has 0 unspecified atom stereocenters. The van der Waals surface area contributed by atoms with E-state index in [2.05, 4.69) is 238 Å². The summed E-state index contributed by atoms with van der Waals surface area (Å²) in [5, 5.41) is 6.98. The predicted octanol–water partition coefficient (Wildman–Crippen LogP) is 15.8. The van der Waals surface area contributed by atoms with Gasteiger partial charge in [-0.15, -0.1) is 0 Å². The van der Waals surface area contributed by atoms with Crippen LogP contribution in [-0.4, -0.2) is 28.7 Å². The second-order valence-corrected chi connectivity index (χ2v) is 17.6. The number of aromatic nitrogens is 6. The molecular weight excluding hydrogens is 841 g/mol. The molecule has 4 heterocycles. The molecule has 10 aromatic carbocycles. The van der Waals surface area contributed by atoms with Crippen molar-refractivity contribution in [3.63, 3.8) is 0 Å². The molecule has 0 amide bonds. The number of fused-ring (bicyclic) bond motifs is 9. The Balaban J connectivity index is 1.04. The Kier molecular flexibility index (Phi) is 8.79. The standard InChI is InChI=1S/C63H40N6/c1-5-19-41(20-6-1)44-34-36-57(51(37-44)42-21-7-2-8-22-42)68-55-31-17-14-28-48(55)52-39-53-49-29-15-18-32-56(49)69(60(53)40-59(52)68)63-65-61(43-23-9-3-10-24-43)64-62(66-63)45-33-35-50-47-27-13-16-30-54(47)67(58(50)38-45)46-25-11-4-12-26-46/h1-40H. The van der Waals surface area contributed by atoms with E-state index < -0.39 is 0 Å². The summed E-state index contributed by atoms with van der Waals surface area (Å²) in [5.74, 6) is 1.75. The molecular formula is C63H40N6. The van der Waals surface area contributed by atoms with Crippen molar-refractivity contribution in [1.82, 2.24) is 28.7 Å². The highest BCUT2D eigenvalue weighted by molar-refractivity contribution is 6.19. The lowest BCUT2D eigenvalue weighted by molar-refractivity contribution is 0.953. The third-order valence-corrected chi connectivity index (χ3v) is 13.7. The Morgan fingerprint density at radius 3 is 1.36 bits per heavy atom. The first-order valence-electron chi connectivity index (χ1n) is 23.4. The highest BCUT2D eigenvalue weighted by Crippen LogP contribution is 2.43. The summed E-state index contributed by atoms with van der Waals surface area (Å²) in [7, 11) is 0. The van der Waals surface area contributed by atoms with E-state index in [1.807, 2.05) is 18.2 Å². The first-order chi connectivity index (χ1) is 34.2. The fourth-order valence-corrected chi connectivity index (χ4v) is 10.6. The SMILES string of the molecule is c1ccc(-c2ccc(-n3c4ccccc4c4cc5c6ccccc6n(-c6nc(-c7ccccc7)nc(-c7ccc8c9ccccc9n(-c9ccccc9)c8c7)n6)c5cc43)c(-c3ccccc3)c2)cc1. The van der Waals surface area contributed by atoms with Gasteiger partial charge >= 0.3 is 0 Å². The van der Waals surface area contributed by atoms with Crippen LogP contribution in [0.15, 0.2) is 243 Å². The van der Waals surface area contributed by atoms with E-state index in [4.69, 9.17) is 15.0 Å². The molecule has 0 radical (unpaired) electrons. The zero-order valence-electron chi connectivity index (χ0n) is 37.3. The first-order valence-corrected chi connectivity index (χ1v) is 23.4. The summed E-state index contributed by atoms with van der Waals surface area (Å²) >= 11 is 0. The number of rotatable bonds is 7. The van der Waals surface area contributed by atoms with Gasteiger partial charge in [-0.2, -0.15) is 9.97 Å². The van der Waals surface area contributed by atoms with Crippen LogP contribution in [0.2, 0.25) is 0 Å². The Bertz CT molecular complexity index is 4280. The maximum Gasteiger partial charge on any atom is 0.238 e. The maximum absolute atomic E-state index is 5.46. The molecule has 0 aliphatic carbocycles. The summed E-state index contributed by atoms with van der Waals surface area (Å²) in [6, 6.07) is 86.4. The van der Waals surface area contributed by atoms with Gasteiger partial charge in [0.15, 0.2) is 11.6 Å².